The molecule has 0 saturated carbocycles. The van der Waals surface area contributed by atoms with Crippen molar-refractivity contribution in [3.05, 3.63) is 71.8 Å². The van der Waals surface area contributed by atoms with Gasteiger partial charge >= 0.3 is 6.03 Å². The second-order valence-electron chi connectivity index (χ2n) is 6.34. The first kappa shape index (κ1) is 15.5. The van der Waals surface area contributed by atoms with E-state index in [0.29, 0.717) is 18.8 Å². The number of hydrogen-bond acceptors (Lipinski definition) is 2. The standard InChI is InChI=1S/C19H20N2O2S/c22-19-20(13-15-7-3-1-4-8-15)17-11-12-24(23)18(17)21(19)14-16-9-5-2-6-10-16/h1-10,17-18H,11-14H2. The van der Waals surface area contributed by atoms with E-state index < -0.39 is 11.2 Å². The zero-order valence-corrected chi connectivity index (χ0v) is 14.2. The minimum absolute atomic E-state index is 0.00533. The van der Waals surface area contributed by atoms with Crippen LogP contribution in [0.15, 0.2) is 60.7 Å². The second-order valence-corrected chi connectivity index (χ2v) is 7.99. The summed E-state index contributed by atoms with van der Waals surface area (Å²) in [6.45, 7) is 1.11. The molecular formula is C19H20N2O2S. The molecule has 4 rings (SSSR count). The molecule has 2 aliphatic rings. The fourth-order valence-corrected chi connectivity index (χ4v) is 5.45. The number of fused-ring (bicyclic) bond motifs is 1. The Kier molecular flexibility index (Phi) is 4.21. The van der Waals surface area contributed by atoms with Crippen molar-refractivity contribution in [1.82, 2.24) is 9.80 Å². The summed E-state index contributed by atoms with van der Waals surface area (Å²) in [5.41, 5.74) is 2.19. The molecule has 2 aromatic rings. The van der Waals surface area contributed by atoms with Crippen molar-refractivity contribution in [2.24, 2.45) is 0 Å². The van der Waals surface area contributed by atoms with Crippen molar-refractivity contribution in [1.29, 1.82) is 0 Å². The van der Waals surface area contributed by atoms with Gasteiger partial charge in [0.05, 0.1) is 6.54 Å². The van der Waals surface area contributed by atoms with Gasteiger partial charge in [-0.15, -0.1) is 0 Å². The van der Waals surface area contributed by atoms with Gasteiger partial charge in [0, 0.05) is 13.0 Å². The highest BCUT2D eigenvalue weighted by atomic mass is 32.2. The number of amides is 2. The van der Waals surface area contributed by atoms with Crippen molar-refractivity contribution in [2.75, 3.05) is 5.75 Å². The van der Waals surface area contributed by atoms with Gasteiger partial charge in [-0.05, 0) is 22.3 Å². The molecule has 0 bridgehead atoms. The highest BCUT2D eigenvalue weighted by molar-refractivity contribution is 7.92. The van der Waals surface area contributed by atoms with Crippen LogP contribution in [0.25, 0.3) is 0 Å². The highest BCUT2D eigenvalue weighted by Gasteiger charge is 2.55. The number of carbonyl (C=O) groups is 1. The lowest BCUT2D eigenvalue weighted by atomic mass is 10.1. The van der Waals surface area contributed by atoms with E-state index in [0.717, 1.165) is 17.5 Å². The quantitative estimate of drug-likeness (QED) is 0.803. The predicted molar refractivity (Wildman–Crippen MR) is 94.6 cm³/mol. The Balaban J connectivity index is 1.59. The zero-order valence-electron chi connectivity index (χ0n) is 13.4. The molecule has 0 radical (unpaired) electrons. The van der Waals surface area contributed by atoms with Gasteiger partial charge in [-0.3, -0.25) is 4.90 Å². The highest BCUT2D eigenvalue weighted by Crippen LogP contribution is 2.37. The van der Waals surface area contributed by atoms with Crippen LogP contribution in [0.2, 0.25) is 0 Å². The molecule has 2 amide bonds. The number of nitrogens with zero attached hydrogens (tertiary/aromatic N) is 2. The summed E-state index contributed by atoms with van der Waals surface area (Å²) in [5, 5.41) is -0.179. The monoisotopic (exact) mass is 340 g/mol. The molecule has 3 atom stereocenters. The molecule has 2 fully saturated rings. The van der Waals surface area contributed by atoms with Crippen molar-refractivity contribution in [3.8, 4) is 0 Å². The summed E-state index contributed by atoms with van der Waals surface area (Å²) < 4.78 is 12.5. The molecule has 2 saturated heterocycles. The molecule has 2 aromatic carbocycles. The molecule has 0 aromatic heterocycles. The van der Waals surface area contributed by atoms with Gasteiger partial charge in [0.15, 0.2) is 0 Å². The van der Waals surface area contributed by atoms with E-state index >= 15 is 0 Å². The van der Waals surface area contributed by atoms with E-state index in [1.165, 1.54) is 0 Å². The normalized spacial score (nSPS) is 26.0. The molecule has 2 heterocycles. The number of urea groups is 1. The minimum atomic E-state index is -0.968. The van der Waals surface area contributed by atoms with E-state index in [4.69, 9.17) is 0 Å². The molecular weight excluding hydrogens is 320 g/mol. The molecule has 4 nitrogen and oxygen atoms in total. The Labute approximate surface area is 145 Å². The SMILES string of the molecule is O=C1N(Cc2ccccc2)C2CC[S+]([O-])C2N1Cc1ccccc1. The maximum absolute atomic E-state index is 13.0. The van der Waals surface area contributed by atoms with Gasteiger partial charge in [0.2, 0.25) is 5.37 Å². The first-order chi connectivity index (χ1) is 11.7. The van der Waals surface area contributed by atoms with Crippen LogP contribution in [0.5, 0.6) is 0 Å². The maximum atomic E-state index is 13.0. The Morgan fingerprint density at radius 3 is 2.04 bits per heavy atom. The third-order valence-corrected chi connectivity index (χ3v) is 6.55. The van der Waals surface area contributed by atoms with Gasteiger partial charge in [-0.2, -0.15) is 0 Å². The van der Waals surface area contributed by atoms with Crippen LogP contribution in [0, 0.1) is 0 Å². The molecule has 3 unspecified atom stereocenters. The Morgan fingerprint density at radius 2 is 1.46 bits per heavy atom. The van der Waals surface area contributed by atoms with Gasteiger partial charge in [-0.25, -0.2) is 4.79 Å². The first-order valence-electron chi connectivity index (χ1n) is 8.26. The van der Waals surface area contributed by atoms with E-state index in [1.807, 2.05) is 70.5 Å². The third-order valence-electron chi connectivity index (χ3n) is 4.80. The van der Waals surface area contributed by atoms with Crippen LogP contribution in [-0.2, 0) is 24.3 Å². The summed E-state index contributed by atoms with van der Waals surface area (Å²) in [7, 11) is 0. The number of hydrogen-bond donors (Lipinski definition) is 0. The maximum Gasteiger partial charge on any atom is 0.325 e. The molecule has 2 aliphatic heterocycles. The van der Waals surface area contributed by atoms with Gasteiger partial charge in [0.25, 0.3) is 0 Å². The summed E-state index contributed by atoms with van der Waals surface area (Å²) >= 11 is -0.968. The zero-order chi connectivity index (χ0) is 16.5. The lowest BCUT2D eigenvalue weighted by Crippen LogP contribution is -2.38. The lowest BCUT2D eigenvalue weighted by Gasteiger charge is -2.23. The van der Waals surface area contributed by atoms with Crippen LogP contribution in [0.1, 0.15) is 17.5 Å². The van der Waals surface area contributed by atoms with Crippen molar-refractivity contribution in [3.63, 3.8) is 0 Å². The average molecular weight is 340 g/mol. The van der Waals surface area contributed by atoms with Crippen LogP contribution in [-0.4, -0.2) is 37.6 Å². The third kappa shape index (κ3) is 2.78. The molecule has 24 heavy (non-hydrogen) atoms. The van der Waals surface area contributed by atoms with Crippen molar-refractivity contribution < 1.29 is 9.35 Å². The van der Waals surface area contributed by atoms with Crippen LogP contribution < -0.4 is 0 Å². The van der Waals surface area contributed by atoms with Gasteiger partial charge < -0.3 is 9.45 Å². The van der Waals surface area contributed by atoms with E-state index in [1.54, 1.807) is 0 Å². The first-order valence-corrected chi connectivity index (χ1v) is 9.64. The summed E-state index contributed by atoms with van der Waals surface area (Å²) in [5.74, 6) is 0.680. The Bertz CT molecular complexity index is 710. The molecule has 5 heteroatoms. The molecule has 0 aliphatic carbocycles. The second kappa shape index (κ2) is 6.49. The molecule has 0 N–H and O–H groups in total. The van der Waals surface area contributed by atoms with Crippen molar-refractivity contribution in [2.45, 2.75) is 30.9 Å². The topological polar surface area (TPSA) is 46.6 Å². The number of carbonyl (C=O) groups excluding carboxylic acids is 1. The van der Waals surface area contributed by atoms with E-state index in [-0.39, 0.29) is 17.4 Å². The smallest absolute Gasteiger partial charge is 0.325 e. The van der Waals surface area contributed by atoms with Crippen LogP contribution >= 0.6 is 0 Å². The average Bonchev–Trinajstić information content (AvgIpc) is 3.11. The fourth-order valence-electron chi connectivity index (χ4n) is 3.65. The Morgan fingerprint density at radius 1 is 0.917 bits per heavy atom. The van der Waals surface area contributed by atoms with Crippen LogP contribution in [0.4, 0.5) is 4.79 Å². The predicted octanol–water partition coefficient (Wildman–Crippen LogP) is 2.97. The number of rotatable bonds is 4. The number of benzene rings is 2. The van der Waals surface area contributed by atoms with Gasteiger partial charge in [-0.1, -0.05) is 60.7 Å². The van der Waals surface area contributed by atoms with Gasteiger partial charge in [0.1, 0.15) is 11.8 Å². The van der Waals surface area contributed by atoms with Crippen LogP contribution in [0.3, 0.4) is 0 Å². The lowest BCUT2D eigenvalue weighted by molar-refractivity contribution is 0.181. The van der Waals surface area contributed by atoms with E-state index in [2.05, 4.69) is 0 Å². The molecule has 124 valence electrons. The largest absolute Gasteiger partial charge is 0.615 e. The summed E-state index contributed by atoms with van der Waals surface area (Å²) in [6.07, 6.45) is 0.821. The van der Waals surface area contributed by atoms with E-state index in [9.17, 15) is 9.35 Å². The van der Waals surface area contributed by atoms with Crippen molar-refractivity contribution >= 4 is 17.2 Å². The Hall–Kier alpha value is -1.98. The minimum Gasteiger partial charge on any atom is -0.615 e. The summed E-state index contributed by atoms with van der Waals surface area (Å²) in [6, 6.07) is 20.0. The fraction of sp³-hybridized carbons (Fsp3) is 0.316. The molecule has 0 spiro atoms. The summed E-state index contributed by atoms with van der Waals surface area (Å²) in [4.78, 5) is 16.7.